The molecule has 1 fully saturated rings. The molecular weight excluding hydrogens is 424 g/mol. The molecule has 1 saturated heterocycles. The fourth-order valence-corrected chi connectivity index (χ4v) is 4.44. The number of carbonyl (C=O) groups is 2. The first-order valence-electron chi connectivity index (χ1n) is 10.5. The number of hydrogen-bond acceptors (Lipinski definition) is 6. The van der Waals surface area contributed by atoms with Crippen LogP contribution in [0.3, 0.4) is 0 Å². The first-order chi connectivity index (χ1) is 15.4. The van der Waals surface area contributed by atoms with Crippen LogP contribution in [0, 0.1) is 0 Å². The standard InChI is InChI=1S/C25H24N2O4S/c1-4-31-19-11-9-18(10-12-19)22(28)20-21(17-7-5-16(6-8-17)15(2)3)27(24(30)23(20)29)25-26-13-14-32-25/h5-15,21,28H,4H2,1-3H3/b22-20+. The Morgan fingerprint density at radius 3 is 2.38 bits per heavy atom. The Kier molecular flexibility index (Phi) is 6.10. The minimum absolute atomic E-state index is 0.0478. The second-order valence-corrected chi connectivity index (χ2v) is 8.64. The van der Waals surface area contributed by atoms with Crippen LogP contribution in [-0.2, 0) is 9.59 Å². The summed E-state index contributed by atoms with van der Waals surface area (Å²) in [4.78, 5) is 31.7. The van der Waals surface area contributed by atoms with Gasteiger partial charge in [-0.05, 0) is 48.2 Å². The number of carbonyl (C=O) groups excluding carboxylic acids is 2. The van der Waals surface area contributed by atoms with Crippen molar-refractivity contribution in [2.45, 2.75) is 32.7 Å². The molecule has 0 saturated carbocycles. The molecule has 0 aliphatic carbocycles. The highest BCUT2D eigenvalue weighted by Gasteiger charge is 2.47. The van der Waals surface area contributed by atoms with E-state index in [1.165, 1.54) is 16.2 Å². The number of aliphatic hydroxyl groups is 1. The molecule has 164 valence electrons. The van der Waals surface area contributed by atoms with Crippen LogP contribution in [0.1, 0.15) is 49.4 Å². The van der Waals surface area contributed by atoms with Gasteiger partial charge in [0, 0.05) is 17.1 Å². The molecule has 1 aliphatic heterocycles. The highest BCUT2D eigenvalue weighted by Crippen LogP contribution is 2.43. The molecular formula is C25H24N2O4S. The normalized spacial score (nSPS) is 17.9. The van der Waals surface area contributed by atoms with Gasteiger partial charge in [-0.3, -0.25) is 14.5 Å². The van der Waals surface area contributed by atoms with E-state index in [2.05, 4.69) is 18.8 Å². The van der Waals surface area contributed by atoms with Gasteiger partial charge in [-0.25, -0.2) is 4.98 Å². The van der Waals surface area contributed by atoms with E-state index in [9.17, 15) is 14.7 Å². The third-order valence-electron chi connectivity index (χ3n) is 5.43. The minimum atomic E-state index is -0.770. The summed E-state index contributed by atoms with van der Waals surface area (Å²) in [6.45, 7) is 6.61. The van der Waals surface area contributed by atoms with Gasteiger partial charge in [0.05, 0.1) is 18.2 Å². The van der Waals surface area contributed by atoms with Crippen molar-refractivity contribution in [3.05, 3.63) is 82.4 Å². The number of nitrogens with zero attached hydrogens (tertiary/aromatic N) is 2. The fraction of sp³-hybridized carbons (Fsp3) is 0.240. The maximum absolute atomic E-state index is 13.1. The van der Waals surface area contributed by atoms with E-state index < -0.39 is 17.7 Å². The monoisotopic (exact) mass is 448 g/mol. The second kappa shape index (κ2) is 8.96. The molecule has 1 aliphatic rings. The number of amides is 1. The Hall–Kier alpha value is -3.45. The maximum atomic E-state index is 13.1. The number of ketones is 1. The van der Waals surface area contributed by atoms with Crippen LogP contribution < -0.4 is 9.64 Å². The Morgan fingerprint density at radius 1 is 1.12 bits per heavy atom. The quantitative estimate of drug-likeness (QED) is 0.315. The number of hydrogen-bond donors (Lipinski definition) is 1. The Labute approximate surface area is 190 Å². The van der Waals surface area contributed by atoms with Crippen molar-refractivity contribution in [1.29, 1.82) is 0 Å². The van der Waals surface area contributed by atoms with Crippen LogP contribution in [-0.4, -0.2) is 28.4 Å². The number of aromatic nitrogens is 1. The van der Waals surface area contributed by atoms with Crippen LogP contribution >= 0.6 is 11.3 Å². The average Bonchev–Trinajstić information content (AvgIpc) is 3.41. The van der Waals surface area contributed by atoms with Crippen LogP contribution in [0.5, 0.6) is 5.75 Å². The smallest absolute Gasteiger partial charge is 0.301 e. The topological polar surface area (TPSA) is 79.7 Å². The molecule has 7 heteroatoms. The zero-order chi connectivity index (χ0) is 22.8. The van der Waals surface area contributed by atoms with Crippen molar-refractivity contribution in [3.63, 3.8) is 0 Å². The number of anilines is 1. The molecule has 0 radical (unpaired) electrons. The van der Waals surface area contributed by atoms with Gasteiger partial charge in [0.2, 0.25) is 0 Å². The predicted octanol–water partition coefficient (Wildman–Crippen LogP) is 5.29. The summed E-state index contributed by atoms with van der Waals surface area (Å²) in [5, 5.41) is 13.3. The third kappa shape index (κ3) is 3.91. The number of thiazole rings is 1. The highest BCUT2D eigenvalue weighted by molar-refractivity contribution is 7.14. The Bertz CT molecular complexity index is 1150. The van der Waals surface area contributed by atoms with E-state index in [0.29, 0.717) is 29.0 Å². The molecule has 32 heavy (non-hydrogen) atoms. The van der Waals surface area contributed by atoms with Crippen molar-refractivity contribution < 1.29 is 19.4 Å². The van der Waals surface area contributed by atoms with Crippen molar-refractivity contribution in [2.24, 2.45) is 0 Å². The molecule has 2 heterocycles. The van der Waals surface area contributed by atoms with Gasteiger partial charge in [-0.2, -0.15) is 0 Å². The summed E-state index contributed by atoms with van der Waals surface area (Å²) >= 11 is 1.27. The molecule has 4 rings (SSSR count). The lowest BCUT2D eigenvalue weighted by atomic mass is 9.93. The zero-order valence-corrected chi connectivity index (χ0v) is 18.9. The summed E-state index contributed by atoms with van der Waals surface area (Å²) in [5.41, 5.74) is 2.36. The van der Waals surface area contributed by atoms with Crippen molar-refractivity contribution >= 4 is 33.9 Å². The summed E-state index contributed by atoms with van der Waals surface area (Å²) < 4.78 is 5.46. The number of ether oxygens (including phenoxy) is 1. The minimum Gasteiger partial charge on any atom is -0.507 e. The lowest BCUT2D eigenvalue weighted by molar-refractivity contribution is -0.132. The van der Waals surface area contributed by atoms with Gasteiger partial charge in [0.1, 0.15) is 11.5 Å². The predicted molar refractivity (Wildman–Crippen MR) is 125 cm³/mol. The van der Waals surface area contributed by atoms with Gasteiger partial charge in [-0.15, -0.1) is 11.3 Å². The Morgan fingerprint density at radius 2 is 1.81 bits per heavy atom. The van der Waals surface area contributed by atoms with E-state index >= 15 is 0 Å². The van der Waals surface area contributed by atoms with Gasteiger partial charge in [0.25, 0.3) is 5.78 Å². The van der Waals surface area contributed by atoms with E-state index in [-0.39, 0.29) is 11.3 Å². The molecule has 1 aromatic heterocycles. The number of Topliss-reactive ketones (excluding diaryl/α,β-unsaturated/α-hetero) is 1. The molecule has 1 N–H and O–H groups in total. The average molecular weight is 449 g/mol. The summed E-state index contributed by atoms with van der Waals surface area (Å²) in [7, 11) is 0. The maximum Gasteiger partial charge on any atom is 0.301 e. The van der Waals surface area contributed by atoms with E-state index in [1.54, 1.807) is 35.8 Å². The number of rotatable bonds is 6. The van der Waals surface area contributed by atoms with Gasteiger partial charge in [0.15, 0.2) is 5.13 Å². The molecule has 1 unspecified atom stereocenters. The zero-order valence-electron chi connectivity index (χ0n) is 18.1. The van der Waals surface area contributed by atoms with Crippen LogP contribution in [0.15, 0.2) is 65.7 Å². The van der Waals surface area contributed by atoms with E-state index in [4.69, 9.17) is 4.74 Å². The first kappa shape index (κ1) is 21.8. The van der Waals surface area contributed by atoms with Crippen LogP contribution in [0.25, 0.3) is 5.76 Å². The molecule has 1 atom stereocenters. The second-order valence-electron chi connectivity index (χ2n) is 7.76. The van der Waals surface area contributed by atoms with E-state index in [1.807, 2.05) is 31.2 Å². The highest BCUT2D eigenvalue weighted by atomic mass is 32.1. The van der Waals surface area contributed by atoms with Crippen molar-refractivity contribution in [1.82, 2.24) is 4.98 Å². The summed E-state index contributed by atoms with van der Waals surface area (Å²) in [6, 6.07) is 13.8. The van der Waals surface area contributed by atoms with Gasteiger partial charge >= 0.3 is 5.91 Å². The van der Waals surface area contributed by atoms with Gasteiger partial charge in [-0.1, -0.05) is 38.1 Å². The lowest BCUT2D eigenvalue weighted by Crippen LogP contribution is -2.29. The molecule has 0 bridgehead atoms. The largest absolute Gasteiger partial charge is 0.507 e. The SMILES string of the molecule is CCOc1ccc(/C(O)=C2\C(=O)C(=O)N(c3nccs3)C2c2ccc(C(C)C)cc2)cc1. The third-order valence-corrected chi connectivity index (χ3v) is 6.20. The van der Waals surface area contributed by atoms with E-state index in [0.717, 1.165) is 11.1 Å². The summed E-state index contributed by atoms with van der Waals surface area (Å²) in [6.07, 6.45) is 1.59. The number of aliphatic hydroxyl groups excluding tert-OH is 1. The lowest BCUT2D eigenvalue weighted by Gasteiger charge is -2.23. The van der Waals surface area contributed by atoms with Crippen LogP contribution in [0.4, 0.5) is 5.13 Å². The molecule has 6 nitrogen and oxygen atoms in total. The van der Waals surface area contributed by atoms with Crippen molar-refractivity contribution in [2.75, 3.05) is 11.5 Å². The summed E-state index contributed by atoms with van der Waals surface area (Å²) in [5.74, 6) is -0.648. The molecule has 2 aromatic carbocycles. The number of benzene rings is 2. The molecule has 3 aromatic rings. The van der Waals surface area contributed by atoms with Gasteiger partial charge < -0.3 is 9.84 Å². The van der Waals surface area contributed by atoms with Crippen molar-refractivity contribution in [3.8, 4) is 5.75 Å². The molecule has 1 amide bonds. The Balaban J connectivity index is 1.85. The van der Waals surface area contributed by atoms with Crippen LogP contribution in [0.2, 0.25) is 0 Å². The fourth-order valence-electron chi connectivity index (χ4n) is 3.77. The first-order valence-corrected chi connectivity index (χ1v) is 11.3. The molecule has 0 spiro atoms.